The van der Waals surface area contributed by atoms with Crippen LogP contribution in [0.4, 0.5) is 11.4 Å². The van der Waals surface area contributed by atoms with Gasteiger partial charge in [-0.25, -0.2) is 0 Å². The number of nitrogen functional groups attached to an aromatic ring is 1. The number of hydrogen-bond acceptors (Lipinski definition) is 4. The van der Waals surface area contributed by atoms with Gasteiger partial charge in [0.2, 0.25) is 0 Å². The molecule has 0 aliphatic carbocycles. The Morgan fingerprint density at radius 2 is 2.00 bits per heavy atom. The van der Waals surface area contributed by atoms with Crippen molar-refractivity contribution >= 4 is 17.3 Å². The summed E-state index contributed by atoms with van der Waals surface area (Å²) in [6, 6.07) is 15.5. The lowest BCUT2D eigenvalue weighted by atomic mass is 10.2. The van der Waals surface area contributed by atoms with E-state index < -0.39 is 0 Å². The summed E-state index contributed by atoms with van der Waals surface area (Å²) in [6.07, 6.45) is 0. The highest BCUT2D eigenvalue weighted by molar-refractivity contribution is 5.92. The quantitative estimate of drug-likeness (QED) is 0.831. The van der Waals surface area contributed by atoms with Crippen LogP contribution in [0.1, 0.15) is 5.56 Å². The van der Waals surface area contributed by atoms with Crippen LogP contribution in [0, 0.1) is 11.3 Å². The molecule has 0 aromatic heterocycles. The van der Waals surface area contributed by atoms with Crippen LogP contribution in [0.15, 0.2) is 48.5 Å². The smallest absolute Gasteiger partial charge is 0.262 e. The molecule has 0 radical (unpaired) electrons. The minimum atomic E-state index is -0.280. The number of nitrogens with zero attached hydrogens (tertiary/aromatic N) is 1. The molecule has 2 aromatic carbocycles. The van der Waals surface area contributed by atoms with Crippen LogP contribution >= 0.6 is 0 Å². The number of hydrogen-bond donors (Lipinski definition) is 2. The molecule has 0 heterocycles. The maximum Gasteiger partial charge on any atom is 0.262 e. The zero-order valence-electron chi connectivity index (χ0n) is 10.7. The second-order valence-corrected chi connectivity index (χ2v) is 4.10. The van der Waals surface area contributed by atoms with E-state index >= 15 is 0 Å². The molecule has 0 atom stereocenters. The van der Waals surface area contributed by atoms with Crippen molar-refractivity contribution in [1.82, 2.24) is 0 Å². The first kappa shape index (κ1) is 13.4. The second-order valence-electron chi connectivity index (χ2n) is 4.10. The average Bonchev–Trinajstić information content (AvgIpc) is 2.48. The van der Waals surface area contributed by atoms with Gasteiger partial charge in [0.05, 0.1) is 11.6 Å². The zero-order valence-corrected chi connectivity index (χ0v) is 10.7. The molecule has 0 aliphatic heterocycles. The van der Waals surface area contributed by atoms with Gasteiger partial charge in [-0.3, -0.25) is 4.79 Å². The number of rotatable bonds is 4. The number of ether oxygens (including phenoxy) is 1. The lowest BCUT2D eigenvalue weighted by molar-refractivity contribution is -0.118. The molecule has 0 spiro atoms. The van der Waals surface area contributed by atoms with E-state index in [0.717, 1.165) is 0 Å². The van der Waals surface area contributed by atoms with Crippen LogP contribution in [0.5, 0.6) is 5.75 Å². The Morgan fingerprint density at radius 3 is 2.70 bits per heavy atom. The minimum Gasteiger partial charge on any atom is -0.484 e. The molecule has 100 valence electrons. The van der Waals surface area contributed by atoms with Crippen LogP contribution in [0.2, 0.25) is 0 Å². The van der Waals surface area contributed by atoms with Crippen molar-refractivity contribution in [3.05, 3.63) is 54.1 Å². The van der Waals surface area contributed by atoms with Crippen molar-refractivity contribution in [1.29, 1.82) is 5.26 Å². The van der Waals surface area contributed by atoms with E-state index in [1.54, 1.807) is 48.5 Å². The minimum absolute atomic E-state index is 0.126. The van der Waals surface area contributed by atoms with Crippen LogP contribution < -0.4 is 15.8 Å². The summed E-state index contributed by atoms with van der Waals surface area (Å²) in [5, 5.41) is 11.4. The first-order chi connectivity index (χ1) is 9.67. The van der Waals surface area contributed by atoms with Gasteiger partial charge in [0.15, 0.2) is 6.61 Å². The normalized spacial score (nSPS) is 9.55. The lowest BCUT2D eigenvalue weighted by Gasteiger charge is -2.07. The van der Waals surface area contributed by atoms with Crippen molar-refractivity contribution in [2.75, 3.05) is 17.7 Å². The number of nitriles is 1. The summed E-state index contributed by atoms with van der Waals surface area (Å²) in [6.45, 7) is -0.126. The third kappa shape index (κ3) is 3.75. The Bertz CT molecular complexity index is 645. The Balaban J connectivity index is 1.89. The van der Waals surface area contributed by atoms with Crippen molar-refractivity contribution in [3.63, 3.8) is 0 Å². The lowest BCUT2D eigenvalue weighted by Crippen LogP contribution is -2.20. The molecule has 20 heavy (non-hydrogen) atoms. The van der Waals surface area contributed by atoms with Crippen molar-refractivity contribution < 1.29 is 9.53 Å². The summed E-state index contributed by atoms with van der Waals surface area (Å²) < 4.78 is 5.32. The highest BCUT2D eigenvalue weighted by atomic mass is 16.5. The van der Waals surface area contributed by atoms with Gasteiger partial charge in [0, 0.05) is 11.4 Å². The van der Waals surface area contributed by atoms with Crippen molar-refractivity contribution in [2.45, 2.75) is 0 Å². The second kappa shape index (κ2) is 6.25. The topological polar surface area (TPSA) is 88.1 Å². The summed E-state index contributed by atoms with van der Waals surface area (Å²) in [4.78, 5) is 11.7. The van der Waals surface area contributed by atoms with Crippen LogP contribution in [-0.4, -0.2) is 12.5 Å². The van der Waals surface area contributed by atoms with Crippen molar-refractivity contribution in [3.8, 4) is 11.8 Å². The third-order valence-corrected chi connectivity index (χ3v) is 2.53. The van der Waals surface area contributed by atoms with Gasteiger partial charge in [-0.2, -0.15) is 5.26 Å². The largest absolute Gasteiger partial charge is 0.484 e. The van der Waals surface area contributed by atoms with Crippen LogP contribution in [0.3, 0.4) is 0 Å². The fourth-order valence-corrected chi connectivity index (χ4v) is 1.57. The molecule has 0 fully saturated rings. The molecule has 2 rings (SSSR count). The number of nitrogens with two attached hydrogens (primary N) is 1. The van der Waals surface area contributed by atoms with E-state index in [9.17, 15) is 4.79 Å². The Hall–Kier alpha value is -3.00. The van der Waals surface area contributed by atoms with Gasteiger partial charge >= 0.3 is 0 Å². The van der Waals surface area contributed by atoms with Gasteiger partial charge in [-0.05, 0) is 42.5 Å². The molecule has 1 amide bonds. The summed E-state index contributed by atoms with van der Waals surface area (Å²) >= 11 is 0. The van der Waals surface area contributed by atoms with Gasteiger partial charge < -0.3 is 15.8 Å². The number of anilines is 2. The molecule has 5 heteroatoms. The van der Waals surface area contributed by atoms with Gasteiger partial charge in [0.1, 0.15) is 5.75 Å². The average molecular weight is 267 g/mol. The maximum absolute atomic E-state index is 11.7. The van der Waals surface area contributed by atoms with Crippen molar-refractivity contribution in [2.24, 2.45) is 0 Å². The van der Waals surface area contributed by atoms with Gasteiger partial charge in [-0.15, -0.1) is 0 Å². The molecular formula is C15H13N3O2. The monoisotopic (exact) mass is 267 g/mol. The number of nitrogens with one attached hydrogen (secondary N) is 1. The Morgan fingerprint density at radius 1 is 1.25 bits per heavy atom. The summed E-state index contributed by atoms with van der Waals surface area (Å²) in [7, 11) is 0. The van der Waals surface area contributed by atoms with Gasteiger partial charge in [-0.1, -0.05) is 6.07 Å². The highest BCUT2D eigenvalue weighted by Crippen LogP contribution is 2.13. The Kier molecular flexibility index (Phi) is 4.20. The molecule has 5 nitrogen and oxygen atoms in total. The fourth-order valence-electron chi connectivity index (χ4n) is 1.57. The number of benzene rings is 2. The predicted molar refractivity (Wildman–Crippen MR) is 76.1 cm³/mol. The molecule has 2 aromatic rings. The van der Waals surface area contributed by atoms with E-state index in [1.165, 1.54) is 0 Å². The number of carbonyl (C=O) groups excluding carboxylic acids is 1. The van der Waals surface area contributed by atoms with Crippen LogP contribution in [0.25, 0.3) is 0 Å². The molecule has 3 N–H and O–H groups in total. The molecule has 0 saturated heterocycles. The predicted octanol–water partition coefficient (Wildman–Crippen LogP) is 2.16. The van der Waals surface area contributed by atoms with E-state index in [0.29, 0.717) is 22.7 Å². The summed E-state index contributed by atoms with van der Waals surface area (Å²) in [5.74, 6) is 0.202. The zero-order chi connectivity index (χ0) is 14.4. The molecule has 0 bridgehead atoms. The standard InChI is InChI=1S/C15H13N3O2/c16-9-11-2-1-3-14(8-11)20-10-15(19)18-13-6-4-12(17)5-7-13/h1-8H,10,17H2,(H,18,19). The summed E-state index contributed by atoms with van der Waals surface area (Å²) in [5.41, 5.74) is 7.33. The third-order valence-electron chi connectivity index (χ3n) is 2.53. The van der Waals surface area contributed by atoms with Gasteiger partial charge in [0.25, 0.3) is 5.91 Å². The maximum atomic E-state index is 11.7. The molecule has 0 unspecified atom stereocenters. The van der Waals surface area contributed by atoms with E-state index in [1.807, 2.05) is 6.07 Å². The SMILES string of the molecule is N#Cc1cccc(OCC(=O)Nc2ccc(N)cc2)c1. The first-order valence-corrected chi connectivity index (χ1v) is 5.96. The van der Waals surface area contributed by atoms with E-state index in [4.69, 9.17) is 15.7 Å². The number of carbonyl (C=O) groups is 1. The van der Waals surface area contributed by atoms with E-state index in [2.05, 4.69) is 5.32 Å². The molecular weight excluding hydrogens is 254 g/mol. The fraction of sp³-hybridized carbons (Fsp3) is 0.0667. The first-order valence-electron chi connectivity index (χ1n) is 5.96. The molecule has 0 saturated carbocycles. The number of amides is 1. The van der Waals surface area contributed by atoms with E-state index in [-0.39, 0.29) is 12.5 Å². The molecule has 0 aliphatic rings. The Labute approximate surface area is 116 Å². The van der Waals surface area contributed by atoms with Crippen LogP contribution in [-0.2, 0) is 4.79 Å². The highest BCUT2D eigenvalue weighted by Gasteiger charge is 2.04.